The molecule has 11 heteroatoms. The van der Waals surface area contributed by atoms with Gasteiger partial charge in [0.05, 0.1) is 29.5 Å². The molecule has 1 aromatic rings. The molecule has 10 nitrogen and oxygen atoms in total. The van der Waals surface area contributed by atoms with Crippen molar-refractivity contribution in [2.24, 2.45) is 56.2 Å². The normalized spacial score (nSPS) is 35.5. The molecule has 9 atom stereocenters. The molecule has 1 aromatic heterocycles. The first-order chi connectivity index (χ1) is 26.4. The highest BCUT2D eigenvalue weighted by Gasteiger charge is 2.71. The number of carboxylic acids is 1. The van der Waals surface area contributed by atoms with Crippen LogP contribution in [0.3, 0.4) is 0 Å². The molecule has 318 valence electrons. The third-order valence-corrected chi connectivity index (χ3v) is 17.0. The lowest BCUT2D eigenvalue weighted by Crippen LogP contribution is -2.66. The largest absolute Gasteiger partial charge is 0.481 e. The summed E-state index contributed by atoms with van der Waals surface area (Å²) in [6.07, 6.45) is 10.1. The standard InChI is InChI=1S/C46H71ClN4O6/c1-28(2)38-31(52)22-46(34(53)26-51(21-20-50(10)11)27-36-48-24-29(47)25-49-36)19-18-44(8)30(39(38)46)12-13-33-43(7)16-15-35(57-37(54)23-41(3,4)40(55)56)42(5,6)32(43)14-17-45(33,44)9/h24-25,28,30,32-35,53H,12-23,26-27H2,1-11H3,(H,55,56). The summed E-state index contributed by atoms with van der Waals surface area (Å²) in [7, 11) is 4.11. The number of hydrogen-bond acceptors (Lipinski definition) is 9. The van der Waals surface area contributed by atoms with Crippen LogP contribution in [0.5, 0.6) is 0 Å². The number of aromatic nitrogens is 2. The second-order valence-corrected chi connectivity index (χ2v) is 21.9. The van der Waals surface area contributed by atoms with Gasteiger partial charge in [0.15, 0.2) is 5.78 Å². The predicted octanol–water partition coefficient (Wildman–Crippen LogP) is 8.25. The van der Waals surface area contributed by atoms with Crippen LogP contribution >= 0.6 is 11.6 Å². The SMILES string of the molecule is CC(C)C1=C2C3CCC4C5(C)CCC(OC(=O)CC(C)(C)C(=O)O)C(C)(C)C5CCC4(C)C3(C)CCC2(C(O)CN(CCN(C)C)Cc2ncc(Cl)cn2)CC1=O. The van der Waals surface area contributed by atoms with Crippen molar-refractivity contribution in [3.63, 3.8) is 0 Å². The summed E-state index contributed by atoms with van der Waals surface area (Å²) < 4.78 is 6.19. The van der Waals surface area contributed by atoms with Crippen LogP contribution in [-0.4, -0.2) is 93.6 Å². The predicted molar refractivity (Wildman–Crippen MR) is 222 cm³/mol. The van der Waals surface area contributed by atoms with Crippen molar-refractivity contribution in [2.75, 3.05) is 33.7 Å². The van der Waals surface area contributed by atoms with E-state index in [1.165, 1.54) is 5.57 Å². The first kappa shape index (κ1) is 44.2. The van der Waals surface area contributed by atoms with Crippen molar-refractivity contribution >= 4 is 29.3 Å². The van der Waals surface area contributed by atoms with Gasteiger partial charge in [0.1, 0.15) is 11.9 Å². The second-order valence-electron chi connectivity index (χ2n) is 21.4. The average molecular weight is 812 g/mol. The number of carboxylic acid groups (broad SMARTS) is 1. The lowest BCUT2D eigenvalue weighted by Gasteiger charge is -2.72. The van der Waals surface area contributed by atoms with E-state index in [0.717, 1.165) is 70.0 Å². The molecule has 0 aliphatic heterocycles. The number of halogens is 1. The highest BCUT2D eigenvalue weighted by molar-refractivity contribution is 6.30. The fraction of sp³-hybridized carbons (Fsp3) is 0.804. The molecule has 5 aliphatic carbocycles. The number of carbonyl (C=O) groups is 3. The molecule has 4 fully saturated rings. The Balaban J connectivity index is 1.29. The summed E-state index contributed by atoms with van der Waals surface area (Å²) in [5.74, 6) is 0.559. The van der Waals surface area contributed by atoms with Crippen molar-refractivity contribution < 1.29 is 29.3 Å². The quantitative estimate of drug-likeness (QED) is 0.188. The topological polar surface area (TPSA) is 133 Å². The van der Waals surface area contributed by atoms with E-state index in [4.69, 9.17) is 16.3 Å². The van der Waals surface area contributed by atoms with Gasteiger partial charge in [-0.3, -0.25) is 19.3 Å². The van der Waals surface area contributed by atoms with Crippen molar-refractivity contribution in [3.05, 3.63) is 34.4 Å². The number of fused-ring (bicyclic) bond motifs is 7. The molecule has 1 heterocycles. The Morgan fingerprint density at radius 1 is 0.947 bits per heavy atom. The summed E-state index contributed by atoms with van der Waals surface area (Å²) in [6, 6.07) is 0. The Hall–Kier alpha value is -2.40. The molecule has 0 spiro atoms. The van der Waals surface area contributed by atoms with Crippen LogP contribution < -0.4 is 0 Å². The number of nitrogens with zero attached hydrogens (tertiary/aromatic N) is 4. The van der Waals surface area contributed by atoms with Gasteiger partial charge in [-0.2, -0.15) is 0 Å². The Bertz CT molecular complexity index is 1740. The van der Waals surface area contributed by atoms with Gasteiger partial charge in [0, 0.05) is 49.3 Å². The van der Waals surface area contributed by atoms with E-state index in [1.807, 2.05) is 0 Å². The van der Waals surface area contributed by atoms with Crippen LogP contribution in [0, 0.1) is 56.2 Å². The molecule has 4 saturated carbocycles. The first-order valence-corrected chi connectivity index (χ1v) is 22.0. The Labute approximate surface area is 346 Å². The molecule has 0 bridgehead atoms. The van der Waals surface area contributed by atoms with Crippen LogP contribution in [0.4, 0.5) is 0 Å². The monoisotopic (exact) mass is 811 g/mol. The lowest BCUT2D eigenvalue weighted by molar-refractivity contribution is -0.235. The molecular weight excluding hydrogens is 740 g/mol. The van der Waals surface area contributed by atoms with Crippen molar-refractivity contribution in [2.45, 2.75) is 145 Å². The second kappa shape index (κ2) is 15.6. The van der Waals surface area contributed by atoms with Gasteiger partial charge in [-0.1, -0.05) is 65.6 Å². The van der Waals surface area contributed by atoms with Gasteiger partial charge in [0.25, 0.3) is 0 Å². The number of ketones is 1. The van der Waals surface area contributed by atoms with Gasteiger partial charge in [-0.15, -0.1) is 0 Å². The smallest absolute Gasteiger partial charge is 0.309 e. The van der Waals surface area contributed by atoms with E-state index in [-0.39, 0.29) is 51.8 Å². The Morgan fingerprint density at radius 3 is 2.23 bits per heavy atom. The van der Waals surface area contributed by atoms with Crippen molar-refractivity contribution in [1.29, 1.82) is 0 Å². The zero-order valence-corrected chi connectivity index (χ0v) is 37.5. The van der Waals surface area contributed by atoms with Gasteiger partial charge in [-0.05, 0) is 125 Å². The van der Waals surface area contributed by atoms with E-state index >= 15 is 0 Å². The van der Waals surface area contributed by atoms with Crippen molar-refractivity contribution in [1.82, 2.24) is 19.8 Å². The average Bonchev–Trinajstić information content (AvgIpc) is 3.42. The number of esters is 1. The summed E-state index contributed by atoms with van der Waals surface area (Å²) in [6.45, 7) is 22.1. The number of rotatable bonds is 13. The van der Waals surface area contributed by atoms with E-state index in [0.29, 0.717) is 42.2 Å². The molecule has 2 N–H and O–H groups in total. The summed E-state index contributed by atoms with van der Waals surface area (Å²) in [5.41, 5.74) is 0.223. The Morgan fingerprint density at radius 2 is 1.61 bits per heavy atom. The molecule has 0 saturated heterocycles. The molecule has 0 aromatic carbocycles. The zero-order chi connectivity index (χ0) is 42.1. The zero-order valence-electron chi connectivity index (χ0n) is 36.7. The summed E-state index contributed by atoms with van der Waals surface area (Å²) in [4.78, 5) is 52.6. The van der Waals surface area contributed by atoms with Crippen LogP contribution in [0.15, 0.2) is 23.5 Å². The maximum Gasteiger partial charge on any atom is 0.309 e. The van der Waals surface area contributed by atoms with Crippen LogP contribution in [0.2, 0.25) is 5.02 Å². The fourth-order valence-corrected chi connectivity index (χ4v) is 13.6. The fourth-order valence-electron chi connectivity index (χ4n) is 13.5. The third kappa shape index (κ3) is 7.54. The number of likely N-dealkylation sites (N-methyl/N-ethyl adjacent to an activating group) is 1. The Kier molecular flexibility index (Phi) is 12.1. The number of aliphatic hydroxyl groups is 1. The number of ether oxygens (including phenoxy) is 1. The first-order valence-electron chi connectivity index (χ1n) is 21.6. The summed E-state index contributed by atoms with van der Waals surface area (Å²) in [5, 5.41) is 22.8. The molecule has 9 unspecified atom stereocenters. The van der Waals surface area contributed by atoms with Gasteiger partial charge >= 0.3 is 11.9 Å². The molecule has 5 aliphatic rings. The van der Waals surface area contributed by atoms with Crippen molar-refractivity contribution in [3.8, 4) is 0 Å². The van der Waals surface area contributed by atoms with Crippen LogP contribution in [0.1, 0.15) is 132 Å². The number of aliphatic hydroxyl groups excluding tert-OH is 1. The van der Waals surface area contributed by atoms with Gasteiger partial charge in [0.2, 0.25) is 0 Å². The minimum Gasteiger partial charge on any atom is -0.481 e. The third-order valence-electron chi connectivity index (χ3n) is 16.8. The van der Waals surface area contributed by atoms with Gasteiger partial charge < -0.3 is 19.8 Å². The summed E-state index contributed by atoms with van der Waals surface area (Å²) >= 11 is 6.12. The minimum absolute atomic E-state index is 0.0216. The number of hydrogen-bond donors (Lipinski definition) is 2. The molecular formula is C46H71ClN4O6. The minimum atomic E-state index is -1.18. The van der Waals surface area contributed by atoms with Gasteiger partial charge in [-0.25, -0.2) is 9.97 Å². The number of aliphatic carboxylic acids is 1. The molecule has 0 radical (unpaired) electrons. The van der Waals surface area contributed by atoms with E-state index in [9.17, 15) is 24.6 Å². The highest BCUT2D eigenvalue weighted by atomic mass is 35.5. The molecule has 6 rings (SSSR count). The molecule has 57 heavy (non-hydrogen) atoms. The van der Waals surface area contributed by atoms with E-state index in [1.54, 1.807) is 26.2 Å². The highest BCUT2D eigenvalue weighted by Crippen LogP contribution is 2.77. The molecule has 0 amide bonds. The number of allylic oxidation sites excluding steroid dienone is 1. The number of Topliss-reactive ketones (excluding diaryl/α,β-unsaturated/α-hetero) is 1. The van der Waals surface area contributed by atoms with Crippen LogP contribution in [-0.2, 0) is 25.7 Å². The van der Waals surface area contributed by atoms with Crippen LogP contribution in [0.25, 0.3) is 0 Å². The number of carbonyl (C=O) groups excluding carboxylic acids is 2. The lowest BCUT2D eigenvalue weighted by atomic mass is 9.33. The maximum absolute atomic E-state index is 14.3. The van der Waals surface area contributed by atoms with E-state index in [2.05, 4.69) is 82.3 Å². The van der Waals surface area contributed by atoms with E-state index < -0.39 is 28.9 Å². The maximum atomic E-state index is 14.3.